The van der Waals surface area contributed by atoms with Crippen molar-refractivity contribution in [2.24, 2.45) is 0 Å². The Bertz CT molecular complexity index is 1520. The summed E-state index contributed by atoms with van der Waals surface area (Å²) in [5, 5.41) is 7.22. The van der Waals surface area contributed by atoms with Gasteiger partial charge in [-0.1, -0.05) is 85.8 Å². The van der Waals surface area contributed by atoms with E-state index in [1.807, 2.05) is 60.7 Å². The highest BCUT2D eigenvalue weighted by Gasteiger charge is 2.42. The van der Waals surface area contributed by atoms with E-state index in [2.05, 4.69) is 46.7 Å². The van der Waals surface area contributed by atoms with Crippen LogP contribution in [0.1, 0.15) is 53.7 Å². The Morgan fingerprint density at radius 2 is 1.68 bits per heavy atom. The highest BCUT2D eigenvalue weighted by atomic mass is 16.6. The van der Waals surface area contributed by atoms with Gasteiger partial charge in [-0.05, 0) is 30.9 Å². The molecule has 2 fully saturated rings. The van der Waals surface area contributed by atoms with Gasteiger partial charge >= 0.3 is 6.09 Å². The molecule has 1 aromatic heterocycles. The molecule has 7 heteroatoms. The van der Waals surface area contributed by atoms with Crippen LogP contribution in [-0.4, -0.2) is 47.1 Å². The Morgan fingerprint density at radius 1 is 1.00 bits per heavy atom. The molecule has 0 bridgehead atoms. The topological polar surface area (TPSA) is 83.6 Å². The number of aromatic nitrogens is 1. The minimum absolute atomic E-state index is 0.0913. The number of piperidine rings is 1. The maximum absolute atomic E-state index is 14.3. The van der Waals surface area contributed by atoms with Gasteiger partial charge in [0.1, 0.15) is 6.61 Å². The summed E-state index contributed by atoms with van der Waals surface area (Å²) < 4.78 is 5.23. The summed E-state index contributed by atoms with van der Waals surface area (Å²) in [6.45, 7) is 4.66. The first-order valence-electron chi connectivity index (χ1n) is 14.1. The number of benzene rings is 3. The van der Waals surface area contributed by atoms with Crippen LogP contribution in [0.15, 0.2) is 84.9 Å². The first-order valence-corrected chi connectivity index (χ1v) is 14.1. The minimum Gasteiger partial charge on any atom is -0.447 e. The standard InChI is InChI=1S/C33H34N4O3/c1-2-27(23-11-5-3-6-12-23)35-31(38)29-25-15-9-10-16-28(25)34-30(24-13-7-4-8-14-24)26(29)21-37-19-17-33(18-20-37)22-40-32(39)36-33/h3-16,27H,2,17-22H2,1H3,(H,35,38)(H,36,39)/t27-/m0/s1. The number of nitrogens with zero attached hydrogens (tertiary/aromatic N) is 2. The number of rotatable bonds is 7. The quantitative estimate of drug-likeness (QED) is 0.310. The van der Waals surface area contributed by atoms with E-state index in [1.165, 1.54) is 0 Å². The second-order valence-electron chi connectivity index (χ2n) is 10.8. The molecule has 3 aromatic carbocycles. The first kappa shape index (κ1) is 26.0. The van der Waals surface area contributed by atoms with Crippen molar-refractivity contribution in [3.05, 3.63) is 102 Å². The number of pyridine rings is 1. The van der Waals surface area contributed by atoms with Crippen molar-refractivity contribution in [1.82, 2.24) is 20.5 Å². The fourth-order valence-electron chi connectivity index (χ4n) is 5.96. The number of alkyl carbamates (subject to hydrolysis) is 1. The molecule has 7 nitrogen and oxygen atoms in total. The number of amides is 2. The van der Waals surface area contributed by atoms with Crippen LogP contribution in [-0.2, 0) is 11.3 Å². The monoisotopic (exact) mass is 534 g/mol. The van der Waals surface area contributed by atoms with E-state index in [0.717, 1.165) is 65.6 Å². The number of cyclic esters (lactones) is 1. The fourth-order valence-corrected chi connectivity index (χ4v) is 5.96. The fraction of sp³-hybridized carbons (Fsp3) is 0.303. The van der Waals surface area contributed by atoms with E-state index < -0.39 is 0 Å². The number of para-hydroxylation sites is 1. The van der Waals surface area contributed by atoms with Gasteiger partial charge in [0.2, 0.25) is 0 Å². The number of fused-ring (bicyclic) bond motifs is 1. The van der Waals surface area contributed by atoms with Crippen LogP contribution in [0.2, 0.25) is 0 Å². The SMILES string of the molecule is CC[C@H](NC(=O)c1c(CN2CCC3(CC2)COC(=O)N3)c(-c2ccccc2)nc2ccccc12)c1ccccc1. The second-order valence-corrected chi connectivity index (χ2v) is 10.8. The van der Waals surface area contributed by atoms with E-state index in [9.17, 15) is 9.59 Å². The molecule has 0 saturated carbocycles. The molecule has 204 valence electrons. The van der Waals surface area contributed by atoms with Gasteiger partial charge in [0.05, 0.1) is 28.4 Å². The number of nitrogens with one attached hydrogen (secondary N) is 2. The second kappa shape index (κ2) is 11.1. The van der Waals surface area contributed by atoms with Crippen LogP contribution in [0.4, 0.5) is 4.79 Å². The van der Waals surface area contributed by atoms with E-state index in [-0.39, 0.29) is 23.6 Å². The Morgan fingerprint density at radius 3 is 2.35 bits per heavy atom. The molecule has 3 heterocycles. The van der Waals surface area contributed by atoms with Gasteiger partial charge in [-0.25, -0.2) is 9.78 Å². The van der Waals surface area contributed by atoms with Gasteiger partial charge in [-0.15, -0.1) is 0 Å². The molecule has 2 N–H and O–H groups in total. The number of carbonyl (C=O) groups excluding carboxylic acids is 2. The molecule has 0 radical (unpaired) electrons. The number of carbonyl (C=O) groups is 2. The van der Waals surface area contributed by atoms with Crippen molar-refractivity contribution in [2.75, 3.05) is 19.7 Å². The lowest BCUT2D eigenvalue weighted by atomic mass is 9.88. The minimum atomic E-state index is -0.332. The van der Waals surface area contributed by atoms with Crippen molar-refractivity contribution in [1.29, 1.82) is 0 Å². The number of hydrogen-bond donors (Lipinski definition) is 2. The molecule has 4 aromatic rings. The molecular formula is C33H34N4O3. The number of hydrogen-bond acceptors (Lipinski definition) is 5. The van der Waals surface area contributed by atoms with Gasteiger partial charge in [0.15, 0.2) is 0 Å². The van der Waals surface area contributed by atoms with Crippen molar-refractivity contribution >= 4 is 22.9 Å². The predicted octanol–water partition coefficient (Wildman–Crippen LogP) is 5.86. The van der Waals surface area contributed by atoms with E-state index in [0.29, 0.717) is 18.7 Å². The molecule has 6 rings (SSSR count). The van der Waals surface area contributed by atoms with Crippen molar-refractivity contribution in [2.45, 2.75) is 44.3 Å². The Labute approximate surface area is 234 Å². The zero-order valence-corrected chi connectivity index (χ0v) is 22.7. The number of ether oxygens (including phenoxy) is 1. The van der Waals surface area contributed by atoms with Gasteiger partial charge in [-0.2, -0.15) is 0 Å². The van der Waals surface area contributed by atoms with Gasteiger partial charge < -0.3 is 15.4 Å². The molecule has 0 unspecified atom stereocenters. The molecule has 1 spiro atoms. The molecular weight excluding hydrogens is 500 g/mol. The highest BCUT2D eigenvalue weighted by molar-refractivity contribution is 6.09. The molecule has 2 aliphatic heterocycles. The van der Waals surface area contributed by atoms with Crippen LogP contribution in [0.5, 0.6) is 0 Å². The zero-order chi connectivity index (χ0) is 27.5. The predicted molar refractivity (Wildman–Crippen MR) is 156 cm³/mol. The molecule has 40 heavy (non-hydrogen) atoms. The molecule has 2 amide bonds. The van der Waals surface area contributed by atoms with Crippen LogP contribution < -0.4 is 10.6 Å². The average molecular weight is 535 g/mol. The van der Waals surface area contributed by atoms with Crippen LogP contribution >= 0.6 is 0 Å². The summed E-state index contributed by atoms with van der Waals surface area (Å²) in [7, 11) is 0. The zero-order valence-electron chi connectivity index (χ0n) is 22.7. The van der Waals surface area contributed by atoms with Crippen LogP contribution in [0, 0.1) is 0 Å². The lowest BCUT2D eigenvalue weighted by Gasteiger charge is -2.38. The van der Waals surface area contributed by atoms with E-state index >= 15 is 0 Å². The summed E-state index contributed by atoms with van der Waals surface area (Å²) in [5.74, 6) is -0.0913. The maximum atomic E-state index is 14.3. The lowest BCUT2D eigenvalue weighted by Crippen LogP contribution is -2.52. The van der Waals surface area contributed by atoms with Crippen molar-refractivity contribution in [3.63, 3.8) is 0 Å². The van der Waals surface area contributed by atoms with E-state index in [1.54, 1.807) is 0 Å². The first-order chi connectivity index (χ1) is 19.5. The van der Waals surface area contributed by atoms with Gasteiger partial charge in [0, 0.05) is 36.1 Å². The molecule has 2 aliphatic rings. The Hall–Kier alpha value is -4.23. The average Bonchev–Trinajstić information content (AvgIpc) is 3.36. The maximum Gasteiger partial charge on any atom is 0.407 e. The van der Waals surface area contributed by atoms with Crippen molar-refractivity contribution < 1.29 is 14.3 Å². The lowest BCUT2D eigenvalue weighted by molar-refractivity contribution is 0.0932. The Balaban J connectivity index is 1.41. The molecule has 0 aliphatic carbocycles. The number of likely N-dealkylation sites (tertiary alicyclic amines) is 1. The summed E-state index contributed by atoms with van der Waals surface area (Å²) in [4.78, 5) is 33.5. The summed E-state index contributed by atoms with van der Waals surface area (Å²) in [6.07, 6.45) is 2.05. The highest BCUT2D eigenvalue weighted by Crippen LogP contribution is 2.34. The molecule has 2 saturated heterocycles. The van der Waals surface area contributed by atoms with Gasteiger partial charge in [-0.3, -0.25) is 9.69 Å². The van der Waals surface area contributed by atoms with Crippen molar-refractivity contribution in [3.8, 4) is 11.3 Å². The smallest absolute Gasteiger partial charge is 0.407 e. The van der Waals surface area contributed by atoms with Gasteiger partial charge in [0.25, 0.3) is 5.91 Å². The van der Waals surface area contributed by atoms with Crippen LogP contribution in [0.3, 0.4) is 0 Å². The third-order valence-electron chi connectivity index (χ3n) is 8.22. The summed E-state index contributed by atoms with van der Waals surface area (Å²) in [5.41, 5.74) is 5.01. The largest absolute Gasteiger partial charge is 0.447 e. The van der Waals surface area contributed by atoms with E-state index in [4.69, 9.17) is 9.72 Å². The van der Waals surface area contributed by atoms with Crippen LogP contribution in [0.25, 0.3) is 22.2 Å². The Kier molecular flexibility index (Phi) is 7.22. The third-order valence-corrected chi connectivity index (χ3v) is 8.22. The summed E-state index contributed by atoms with van der Waals surface area (Å²) in [6, 6.07) is 28.0. The summed E-state index contributed by atoms with van der Waals surface area (Å²) >= 11 is 0. The third kappa shape index (κ3) is 5.17. The molecule has 1 atom stereocenters. The normalized spacial score (nSPS) is 17.4.